The zero-order chi connectivity index (χ0) is 16.2. The second-order valence-electron chi connectivity index (χ2n) is 6.95. The number of anilines is 1. The van der Waals surface area contributed by atoms with Crippen molar-refractivity contribution >= 4 is 11.6 Å². The zero-order valence-corrected chi connectivity index (χ0v) is 14.3. The summed E-state index contributed by atoms with van der Waals surface area (Å²) in [6, 6.07) is 6.02. The van der Waals surface area contributed by atoms with E-state index in [9.17, 15) is 4.79 Å². The molecule has 2 fully saturated rings. The highest BCUT2D eigenvalue weighted by molar-refractivity contribution is 5.95. The molecule has 23 heavy (non-hydrogen) atoms. The first-order valence-corrected chi connectivity index (χ1v) is 9.09. The molecule has 1 aromatic rings. The number of carbonyl (C=O) groups is 1. The molecule has 2 N–H and O–H groups in total. The summed E-state index contributed by atoms with van der Waals surface area (Å²) >= 11 is 0. The number of benzene rings is 1. The number of hydrogen-bond donors (Lipinski definition) is 1. The van der Waals surface area contributed by atoms with Crippen LogP contribution in [-0.4, -0.2) is 48.4 Å². The van der Waals surface area contributed by atoms with Gasteiger partial charge in [-0.2, -0.15) is 0 Å². The molecule has 4 nitrogen and oxygen atoms in total. The van der Waals surface area contributed by atoms with Gasteiger partial charge in [-0.25, -0.2) is 0 Å². The van der Waals surface area contributed by atoms with Crippen molar-refractivity contribution in [3.05, 3.63) is 29.3 Å². The van der Waals surface area contributed by atoms with Crippen molar-refractivity contribution in [3.8, 4) is 0 Å². The Kier molecular flexibility index (Phi) is 5.21. The fourth-order valence-electron chi connectivity index (χ4n) is 3.92. The summed E-state index contributed by atoms with van der Waals surface area (Å²) in [6.45, 7) is 6.82. The highest BCUT2D eigenvalue weighted by Crippen LogP contribution is 2.34. The highest BCUT2D eigenvalue weighted by Gasteiger charge is 2.23. The third kappa shape index (κ3) is 3.86. The SMILES string of the molecule is CCN1CCN(C(=O)c2cc(N)cc(C3CCCCC3)c2)CC1. The monoisotopic (exact) mass is 315 g/mol. The van der Waals surface area contributed by atoms with Crippen LogP contribution in [0.1, 0.15) is 60.9 Å². The number of nitrogen functional groups attached to an aromatic ring is 1. The average molecular weight is 315 g/mol. The molecule has 1 saturated heterocycles. The van der Waals surface area contributed by atoms with Crippen LogP contribution in [0.2, 0.25) is 0 Å². The summed E-state index contributed by atoms with van der Waals surface area (Å²) in [5, 5.41) is 0. The van der Waals surface area contributed by atoms with Gasteiger partial charge in [-0.3, -0.25) is 4.79 Å². The van der Waals surface area contributed by atoms with E-state index in [1.807, 2.05) is 11.0 Å². The Morgan fingerprint density at radius 1 is 1.09 bits per heavy atom. The first-order valence-electron chi connectivity index (χ1n) is 9.09. The van der Waals surface area contributed by atoms with Crippen LogP contribution >= 0.6 is 0 Å². The topological polar surface area (TPSA) is 49.6 Å². The van der Waals surface area contributed by atoms with Gasteiger partial charge < -0.3 is 15.5 Å². The van der Waals surface area contributed by atoms with Crippen LogP contribution in [-0.2, 0) is 0 Å². The van der Waals surface area contributed by atoms with E-state index < -0.39 is 0 Å². The van der Waals surface area contributed by atoms with Crippen LogP contribution in [0.4, 0.5) is 5.69 Å². The standard InChI is InChI=1S/C19H29N3O/c1-2-21-8-10-22(11-9-21)19(23)17-12-16(13-18(20)14-17)15-6-4-3-5-7-15/h12-15H,2-11,20H2,1H3. The number of nitrogens with zero attached hydrogens (tertiary/aromatic N) is 2. The molecule has 3 rings (SSSR count). The summed E-state index contributed by atoms with van der Waals surface area (Å²) in [7, 11) is 0. The smallest absolute Gasteiger partial charge is 0.254 e. The Labute approximate surface area is 139 Å². The molecule has 0 radical (unpaired) electrons. The van der Waals surface area contributed by atoms with Crippen LogP contribution in [0.15, 0.2) is 18.2 Å². The minimum atomic E-state index is 0.144. The van der Waals surface area contributed by atoms with Crippen LogP contribution in [0.3, 0.4) is 0 Å². The third-order valence-electron chi connectivity index (χ3n) is 5.41. The minimum Gasteiger partial charge on any atom is -0.399 e. The van der Waals surface area contributed by atoms with Gasteiger partial charge in [0.25, 0.3) is 5.91 Å². The van der Waals surface area contributed by atoms with Gasteiger partial charge in [0.05, 0.1) is 0 Å². The molecule has 0 spiro atoms. The molecule has 1 amide bonds. The Bertz CT molecular complexity index is 544. The van der Waals surface area contributed by atoms with E-state index in [0.29, 0.717) is 5.92 Å². The molecule has 0 bridgehead atoms. The van der Waals surface area contributed by atoms with Gasteiger partial charge in [-0.15, -0.1) is 0 Å². The van der Waals surface area contributed by atoms with E-state index in [-0.39, 0.29) is 5.91 Å². The molecule has 4 heteroatoms. The van der Waals surface area contributed by atoms with Gasteiger partial charge in [0.1, 0.15) is 0 Å². The predicted molar refractivity (Wildman–Crippen MR) is 94.7 cm³/mol. The molecule has 0 atom stereocenters. The fourth-order valence-corrected chi connectivity index (χ4v) is 3.92. The van der Waals surface area contributed by atoms with Crippen LogP contribution in [0.25, 0.3) is 0 Å². The summed E-state index contributed by atoms with van der Waals surface area (Å²) in [5.41, 5.74) is 8.86. The van der Waals surface area contributed by atoms with Gasteiger partial charge in [0.2, 0.25) is 0 Å². The Morgan fingerprint density at radius 2 is 1.78 bits per heavy atom. The molecular weight excluding hydrogens is 286 g/mol. The van der Waals surface area contributed by atoms with E-state index in [0.717, 1.165) is 44.0 Å². The Balaban J connectivity index is 1.74. The van der Waals surface area contributed by atoms with Gasteiger partial charge in [-0.1, -0.05) is 26.2 Å². The van der Waals surface area contributed by atoms with Gasteiger partial charge in [0, 0.05) is 37.4 Å². The predicted octanol–water partition coefficient (Wildman–Crippen LogP) is 3.09. The molecular formula is C19H29N3O. The maximum absolute atomic E-state index is 12.8. The number of rotatable bonds is 3. The third-order valence-corrected chi connectivity index (χ3v) is 5.41. The van der Waals surface area contributed by atoms with Crippen LogP contribution in [0.5, 0.6) is 0 Å². The number of hydrogen-bond acceptors (Lipinski definition) is 3. The lowest BCUT2D eigenvalue weighted by molar-refractivity contribution is 0.0643. The second-order valence-corrected chi connectivity index (χ2v) is 6.95. The maximum atomic E-state index is 12.8. The largest absolute Gasteiger partial charge is 0.399 e. The second kappa shape index (κ2) is 7.35. The van der Waals surface area contributed by atoms with Gasteiger partial charge >= 0.3 is 0 Å². The average Bonchev–Trinajstić information content (AvgIpc) is 2.61. The molecule has 1 aliphatic carbocycles. The maximum Gasteiger partial charge on any atom is 0.254 e. The first-order chi connectivity index (χ1) is 11.2. The summed E-state index contributed by atoms with van der Waals surface area (Å²) in [4.78, 5) is 17.2. The van der Waals surface area contributed by atoms with Crippen molar-refractivity contribution in [2.75, 3.05) is 38.5 Å². The van der Waals surface area contributed by atoms with Crippen molar-refractivity contribution in [1.82, 2.24) is 9.80 Å². The number of nitrogens with two attached hydrogens (primary N) is 1. The van der Waals surface area contributed by atoms with Gasteiger partial charge in [0.15, 0.2) is 0 Å². The number of amides is 1. The van der Waals surface area contributed by atoms with E-state index in [2.05, 4.69) is 24.0 Å². The van der Waals surface area contributed by atoms with Crippen molar-refractivity contribution in [1.29, 1.82) is 0 Å². The molecule has 1 heterocycles. The summed E-state index contributed by atoms with van der Waals surface area (Å²) in [5.74, 6) is 0.723. The molecule has 1 aromatic carbocycles. The quantitative estimate of drug-likeness (QED) is 0.872. The van der Waals surface area contributed by atoms with E-state index in [1.54, 1.807) is 0 Å². The molecule has 0 aromatic heterocycles. The van der Waals surface area contributed by atoms with Crippen molar-refractivity contribution in [2.45, 2.75) is 44.9 Å². The van der Waals surface area contributed by atoms with Crippen LogP contribution in [0, 0.1) is 0 Å². The van der Waals surface area contributed by atoms with Crippen molar-refractivity contribution in [3.63, 3.8) is 0 Å². The van der Waals surface area contributed by atoms with E-state index in [4.69, 9.17) is 5.73 Å². The van der Waals surface area contributed by atoms with Crippen molar-refractivity contribution in [2.24, 2.45) is 0 Å². The highest BCUT2D eigenvalue weighted by atomic mass is 16.2. The molecule has 2 aliphatic rings. The van der Waals surface area contributed by atoms with E-state index in [1.165, 1.54) is 37.7 Å². The minimum absolute atomic E-state index is 0.144. The molecule has 126 valence electrons. The molecule has 1 saturated carbocycles. The van der Waals surface area contributed by atoms with Crippen LogP contribution < -0.4 is 5.73 Å². The van der Waals surface area contributed by atoms with Gasteiger partial charge in [-0.05, 0) is 49.1 Å². The number of likely N-dealkylation sites (N-methyl/N-ethyl adjacent to an activating group) is 1. The lowest BCUT2D eigenvalue weighted by atomic mass is 9.83. The normalized spacial score (nSPS) is 20.7. The first kappa shape index (κ1) is 16.3. The lowest BCUT2D eigenvalue weighted by Crippen LogP contribution is -2.48. The summed E-state index contributed by atoms with van der Waals surface area (Å²) in [6.07, 6.45) is 6.38. The number of carbonyl (C=O) groups excluding carboxylic acids is 1. The lowest BCUT2D eigenvalue weighted by Gasteiger charge is -2.34. The Hall–Kier alpha value is -1.55. The fraction of sp³-hybridized carbons (Fsp3) is 0.632. The molecule has 0 unspecified atom stereocenters. The number of piperazine rings is 1. The zero-order valence-electron chi connectivity index (χ0n) is 14.3. The molecule has 1 aliphatic heterocycles. The Morgan fingerprint density at radius 3 is 2.43 bits per heavy atom. The summed E-state index contributed by atoms with van der Waals surface area (Å²) < 4.78 is 0. The van der Waals surface area contributed by atoms with E-state index >= 15 is 0 Å². The van der Waals surface area contributed by atoms with Crippen molar-refractivity contribution < 1.29 is 4.79 Å².